The fraction of sp³-hybridized carbons (Fsp3) is 0.350. The third kappa shape index (κ3) is 3.48. The number of rotatable bonds is 4. The number of thiazole rings is 1. The Morgan fingerprint density at radius 2 is 2.08 bits per heavy atom. The van der Waals surface area contributed by atoms with Crippen LogP contribution in [0.25, 0.3) is 10.6 Å². The van der Waals surface area contributed by atoms with Gasteiger partial charge in [0.25, 0.3) is 5.56 Å². The van der Waals surface area contributed by atoms with E-state index in [2.05, 4.69) is 32.0 Å². The quantitative estimate of drug-likeness (QED) is 0.767. The number of nitrogens with zero attached hydrogens (tertiary/aromatic N) is 3. The zero-order valence-corrected chi connectivity index (χ0v) is 15.8. The molecule has 0 saturated heterocycles. The lowest BCUT2D eigenvalue weighted by atomic mass is 10.1. The number of aromatic nitrogens is 3. The van der Waals surface area contributed by atoms with E-state index in [0.29, 0.717) is 6.54 Å². The van der Waals surface area contributed by atoms with E-state index in [9.17, 15) is 4.79 Å². The molecule has 5 nitrogen and oxygen atoms in total. The smallest absolute Gasteiger partial charge is 0.255 e. The number of fused-ring (bicyclic) bond motifs is 1. The molecule has 134 valence electrons. The summed E-state index contributed by atoms with van der Waals surface area (Å²) in [5.74, 6) is 1.02. The number of benzene rings is 1. The molecule has 6 heteroatoms. The second-order valence-corrected chi connectivity index (χ2v) is 8.10. The number of hydrogen-bond donors (Lipinski definition) is 1. The van der Waals surface area contributed by atoms with Crippen LogP contribution in [0.4, 0.5) is 0 Å². The van der Waals surface area contributed by atoms with Gasteiger partial charge in [-0.25, -0.2) is 9.97 Å². The Morgan fingerprint density at radius 1 is 1.27 bits per heavy atom. The summed E-state index contributed by atoms with van der Waals surface area (Å²) in [6.45, 7) is 6.48. The van der Waals surface area contributed by atoms with Crippen molar-refractivity contribution < 1.29 is 0 Å². The van der Waals surface area contributed by atoms with Crippen LogP contribution < -0.4 is 5.56 Å². The van der Waals surface area contributed by atoms with Crippen LogP contribution in [0, 0.1) is 0 Å². The van der Waals surface area contributed by atoms with Gasteiger partial charge in [0.2, 0.25) is 0 Å². The van der Waals surface area contributed by atoms with Crippen molar-refractivity contribution in [3.8, 4) is 10.6 Å². The van der Waals surface area contributed by atoms with Gasteiger partial charge in [-0.1, -0.05) is 44.2 Å². The van der Waals surface area contributed by atoms with Gasteiger partial charge in [-0.15, -0.1) is 11.3 Å². The van der Waals surface area contributed by atoms with Crippen LogP contribution in [0.5, 0.6) is 0 Å². The first-order chi connectivity index (χ1) is 12.6. The molecule has 0 atom stereocenters. The highest BCUT2D eigenvalue weighted by atomic mass is 32.1. The molecule has 1 N–H and O–H groups in total. The molecule has 2 aromatic heterocycles. The third-order valence-electron chi connectivity index (χ3n) is 4.67. The first-order valence-electron chi connectivity index (χ1n) is 8.94. The predicted molar refractivity (Wildman–Crippen MR) is 104 cm³/mol. The van der Waals surface area contributed by atoms with Crippen LogP contribution >= 0.6 is 11.3 Å². The summed E-state index contributed by atoms with van der Waals surface area (Å²) in [4.78, 5) is 28.1. The van der Waals surface area contributed by atoms with Crippen molar-refractivity contribution in [3.05, 3.63) is 68.8 Å². The maximum atomic E-state index is 12.4. The van der Waals surface area contributed by atoms with Crippen molar-refractivity contribution in [3.63, 3.8) is 0 Å². The van der Waals surface area contributed by atoms with Crippen LogP contribution in [0.2, 0.25) is 0 Å². The Morgan fingerprint density at radius 3 is 2.85 bits per heavy atom. The molecule has 0 saturated carbocycles. The van der Waals surface area contributed by atoms with Gasteiger partial charge in [-0.3, -0.25) is 9.69 Å². The summed E-state index contributed by atoms with van der Waals surface area (Å²) in [6, 6.07) is 10.2. The Kier molecular flexibility index (Phi) is 4.70. The third-order valence-corrected chi connectivity index (χ3v) is 5.70. The lowest BCUT2D eigenvalue weighted by Gasteiger charge is -2.27. The summed E-state index contributed by atoms with van der Waals surface area (Å²) in [6.07, 6.45) is 2.77. The summed E-state index contributed by atoms with van der Waals surface area (Å²) in [7, 11) is 0. The molecule has 3 aromatic rings. The van der Waals surface area contributed by atoms with Crippen LogP contribution in [0.15, 0.2) is 41.3 Å². The lowest BCUT2D eigenvalue weighted by molar-refractivity contribution is 0.243. The van der Waals surface area contributed by atoms with E-state index in [0.717, 1.165) is 47.2 Å². The minimum Gasteiger partial charge on any atom is -0.310 e. The first-order valence-corrected chi connectivity index (χ1v) is 9.76. The monoisotopic (exact) mass is 366 g/mol. The van der Waals surface area contributed by atoms with Crippen molar-refractivity contribution in [1.29, 1.82) is 0 Å². The summed E-state index contributed by atoms with van der Waals surface area (Å²) < 4.78 is 0. The molecule has 1 aliphatic rings. The van der Waals surface area contributed by atoms with E-state index in [4.69, 9.17) is 0 Å². The largest absolute Gasteiger partial charge is 0.310 e. The summed E-state index contributed by atoms with van der Waals surface area (Å²) in [5, 5.41) is 1.04. The Balaban J connectivity index is 1.50. The van der Waals surface area contributed by atoms with Gasteiger partial charge in [0.05, 0.1) is 11.3 Å². The number of H-pyrrole nitrogens is 1. The molecule has 4 rings (SSSR count). The minimum absolute atomic E-state index is 0.0117. The molecule has 0 unspecified atom stereocenters. The molecular weight excluding hydrogens is 344 g/mol. The molecule has 0 spiro atoms. The number of aromatic amines is 1. The molecule has 3 heterocycles. The van der Waals surface area contributed by atoms with Gasteiger partial charge < -0.3 is 4.98 Å². The molecule has 0 bridgehead atoms. The Bertz CT molecular complexity index is 961. The lowest BCUT2D eigenvalue weighted by Crippen LogP contribution is -2.35. The maximum absolute atomic E-state index is 12.4. The molecule has 0 amide bonds. The summed E-state index contributed by atoms with van der Waals surface area (Å²) >= 11 is 1.72. The fourth-order valence-electron chi connectivity index (χ4n) is 3.22. The van der Waals surface area contributed by atoms with E-state index < -0.39 is 0 Å². The predicted octanol–water partition coefficient (Wildman–Crippen LogP) is 3.58. The zero-order valence-electron chi connectivity index (χ0n) is 15.0. The van der Waals surface area contributed by atoms with Gasteiger partial charge >= 0.3 is 0 Å². The Hall–Kier alpha value is -2.31. The van der Waals surface area contributed by atoms with Gasteiger partial charge in [-0.2, -0.15) is 0 Å². The van der Waals surface area contributed by atoms with Gasteiger partial charge in [-0.05, 0) is 0 Å². The van der Waals surface area contributed by atoms with Crippen molar-refractivity contribution in [2.24, 2.45) is 0 Å². The molecule has 26 heavy (non-hydrogen) atoms. The van der Waals surface area contributed by atoms with Crippen molar-refractivity contribution in [2.75, 3.05) is 6.54 Å². The highest BCUT2D eigenvalue weighted by Gasteiger charge is 2.22. The van der Waals surface area contributed by atoms with Crippen molar-refractivity contribution >= 4 is 11.3 Å². The first kappa shape index (κ1) is 17.1. The highest BCUT2D eigenvalue weighted by Crippen LogP contribution is 2.27. The average molecular weight is 366 g/mol. The van der Waals surface area contributed by atoms with E-state index in [1.165, 1.54) is 4.88 Å². The second-order valence-electron chi connectivity index (χ2n) is 6.99. The van der Waals surface area contributed by atoms with Crippen LogP contribution in [0.3, 0.4) is 0 Å². The summed E-state index contributed by atoms with van der Waals surface area (Å²) in [5.41, 5.74) is 2.93. The normalized spacial score (nSPS) is 14.6. The van der Waals surface area contributed by atoms with E-state index in [1.807, 2.05) is 38.2 Å². The van der Waals surface area contributed by atoms with Crippen molar-refractivity contribution in [1.82, 2.24) is 19.9 Å². The SMILES string of the molecule is CC(C)c1nc2c(c(=O)[nH]1)CN(Cc1cnc(-c3ccccc3)s1)CC2. The van der Waals surface area contributed by atoms with E-state index in [-0.39, 0.29) is 11.5 Å². The molecule has 0 aliphatic carbocycles. The van der Waals surface area contributed by atoms with Gasteiger partial charge in [0, 0.05) is 48.6 Å². The van der Waals surface area contributed by atoms with E-state index in [1.54, 1.807) is 11.3 Å². The van der Waals surface area contributed by atoms with Crippen LogP contribution in [-0.4, -0.2) is 26.4 Å². The molecule has 1 aliphatic heterocycles. The van der Waals surface area contributed by atoms with Gasteiger partial charge in [0.15, 0.2) is 0 Å². The molecule has 0 fully saturated rings. The van der Waals surface area contributed by atoms with Crippen molar-refractivity contribution in [2.45, 2.75) is 39.3 Å². The fourth-order valence-corrected chi connectivity index (χ4v) is 4.18. The Labute approximate surface area is 156 Å². The van der Waals surface area contributed by atoms with E-state index >= 15 is 0 Å². The molecule has 0 radical (unpaired) electrons. The maximum Gasteiger partial charge on any atom is 0.255 e. The minimum atomic E-state index is 0.0117. The van der Waals surface area contributed by atoms with Gasteiger partial charge in [0.1, 0.15) is 10.8 Å². The molecule has 1 aromatic carbocycles. The standard InChI is InChI=1S/C20H22N4OS/c1-13(2)18-22-17-8-9-24(12-16(17)19(25)23-18)11-15-10-21-20(26-15)14-6-4-3-5-7-14/h3-7,10,13H,8-9,11-12H2,1-2H3,(H,22,23,25). The van der Waals surface area contributed by atoms with Crippen LogP contribution in [-0.2, 0) is 19.5 Å². The topological polar surface area (TPSA) is 61.9 Å². The van der Waals surface area contributed by atoms with Crippen LogP contribution in [0.1, 0.15) is 41.7 Å². The zero-order chi connectivity index (χ0) is 18.1. The highest BCUT2D eigenvalue weighted by molar-refractivity contribution is 7.15. The number of hydrogen-bond acceptors (Lipinski definition) is 5. The number of nitrogens with one attached hydrogen (secondary N) is 1. The average Bonchev–Trinajstić information content (AvgIpc) is 3.11. The second kappa shape index (κ2) is 7.13. The molecular formula is C20H22N4OS.